The minimum atomic E-state index is -0.433. The van der Waals surface area contributed by atoms with Gasteiger partial charge in [-0.1, -0.05) is 0 Å². The van der Waals surface area contributed by atoms with Gasteiger partial charge in [-0.05, 0) is 20.8 Å². The van der Waals surface area contributed by atoms with Gasteiger partial charge in [0.2, 0.25) is 0 Å². The molecule has 0 atom stereocenters. The van der Waals surface area contributed by atoms with Gasteiger partial charge in [0.15, 0.2) is 0 Å². The standard InChI is InChI=1S/C9H18FNO2/c1-4-13-9(12)7-11(6-5-10)8(2)3/h8H,4-7H2,1-3H3. The van der Waals surface area contributed by atoms with Crippen molar-refractivity contribution in [1.29, 1.82) is 0 Å². The third kappa shape index (κ3) is 5.58. The summed E-state index contributed by atoms with van der Waals surface area (Å²) in [5.41, 5.74) is 0. The Kier molecular flexibility index (Phi) is 6.49. The molecule has 0 amide bonds. The maximum absolute atomic E-state index is 12.0. The average Bonchev–Trinajstić information content (AvgIpc) is 2.04. The molecule has 0 unspecified atom stereocenters. The van der Waals surface area contributed by atoms with Crippen LogP contribution >= 0.6 is 0 Å². The van der Waals surface area contributed by atoms with E-state index in [0.29, 0.717) is 6.61 Å². The molecule has 4 heteroatoms. The van der Waals surface area contributed by atoms with Crippen molar-refractivity contribution in [3.8, 4) is 0 Å². The Morgan fingerprint density at radius 2 is 2.15 bits per heavy atom. The summed E-state index contributed by atoms with van der Waals surface area (Å²) in [6.45, 7) is 6.01. The highest BCUT2D eigenvalue weighted by Gasteiger charge is 2.13. The molecule has 13 heavy (non-hydrogen) atoms. The Morgan fingerprint density at radius 3 is 2.54 bits per heavy atom. The second-order valence-corrected chi connectivity index (χ2v) is 3.06. The Bertz CT molecular complexity index is 151. The van der Waals surface area contributed by atoms with E-state index in [4.69, 9.17) is 4.74 Å². The van der Waals surface area contributed by atoms with Gasteiger partial charge >= 0.3 is 5.97 Å². The Balaban J connectivity index is 3.86. The predicted octanol–water partition coefficient (Wildman–Crippen LogP) is 1.23. The van der Waals surface area contributed by atoms with Crippen molar-refractivity contribution in [2.45, 2.75) is 26.8 Å². The van der Waals surface area contributed by atoms with Crippen molar-refractivity contribution in [2.75, 3.05) is 26.4 Å². The summed E-state index contributed by atoms with van der Waals surface area (Å²) < 4.78 is 16.8. The number of carbonyl (C=O) groups is 1. The lowest BCUT2D eigenvalue weighted by Gasteiger charge is -2.23. The van der Waals surface area contributed by atoms with Gasteiger partial charge in [-0.2, -0.15) is 0 Å². The van der Waals surface area contributed by atoms with E-state index < -0.39 is 6.67 Å². The molecule has 3 nitrogen and oxygen atoms in total. The van der Waals surface area contributed by atoms with E-state index in [-0.39, 0.29) is 25.1 Å². The first-order chi connectivity index (χ1) is 6.11. The SMILES string of the molecule is CCOC(=O)CN(CCF)C(C)C. The minimum absolute atomic E-state index is 0.167. The lowest BCUT2D eigenvalue weighted by Crippen LogP contribution is -2.37. The molecule has 0 rings (SSSR count). The molecule has 0 aromatic rings. The first kappa shape index (κ1) is 12.4. The molecule has 0 radical (unpaired) electrons. The molecule has 0 aromatic carbocycles. The van der Waals surface area contributed by atoms with Crippen LogP contribution in [-0.4, -0.2) is 43.3 Å². The number of hydrogen-bond donors (Lipinski definition) is 0. The fourth-order valence-electron chi connectivity index (χ4n) is 1.00. The van der Waals surface area contributed by atoms with Crippen LogP contribution in [0.3, 0.4) is 0 Å². The highest BCUT2D eigenvalue weighted by Crippen LogP contribution is 1.98. The number of ether oxygens (including phenoxy) is 1. The fourth-order valence-corrected chi connectivity index (χ4v) is 1.00. The van der Waals surface area contributed by atoms with Crippen LogP contribution in [0, 0.1) is 0 Å². The van der Waals surface area contributed by atoms with Crippen LogP contribution in [0.1, 0.15) is 20.8 Å². The topological polar surface area (TPSA) is 29.5 Å². The molecule has 0 aliphatic carbocycles. The van der Waals surface area contributed by atoms with Gasteiger partial charge < -0.3 is 4.74 Å². The van der Waals surface area contributed by atoms with E-state index in [1.165, 1.54) is 0 Å². The van der Waals surface area contributed by atoms with Crippen LogP contribution in [0.15, 0.2) is 0 Å². The van der Waals surface area contributed by atoms with E-state index in [1.54, 1.807) is 11.8 Å². The summed E-state index contributed by atoms with van der Waals surface area (Å²) in [7, 11) is 0. The van der Waals surface area contributed by atoms with Crippen molar-refractivity contribution in [2.24, 2.45) is 0 Å². The Hall–Kier alpha value is -0.640. The van der Waals surface area contributed by atoms with Crippen molar-refractivity contribution in [3.05, 3.63) is 0 Å². The lowest BCUT2D eigenvalue weighted by atomic mass is 10.3. The third-order valence-corrected chi connectivity index (χ3v) is 1.74. The maximum atomic E-state index is 12.0. The highest BCUT2D eigenvalue weighted by atomic mass is 19.1. The zero-order valence-electron chi connectivity index (χ0n) is 8.55. The van der Waals surface area contributed by atoms with Gasteiger partial charge in [-0.3, -0.25) is 9.69 Å². The largest absolute Gasteiger partial charge is 0.465 e. The first-order valence-corrected chi connectivity index (χ1v) is 4.57. The quantitative estimate of drug-likeness (QED) is 0.591. The molecule has 0 bridgehead atoms. The van der Waals surface area contributed by atoms with E-state index >= 15 is 0 Å². The number of nitrogens with zero attached hydrogens (tertiary/aromatic N) is 1. The molecule has 0 aliphatic heterocycles. The van der Waals surface area contributed by atoms with E-state index in [9.17, 15) is 9.18 Å². The minimum Gasteiger partial charge on any atom is -0.465 e. The molecule has 78 valence electrons. The summed E-state index contributed by atoms with van der Waals surface area (Å²) >= 11 is 0. The third-order valence-electron chi connectivity index (χ3n) is 1.74. The Labute approximate surface area is 78.9 Å². The summed E-state index contributed by atoms with van der Waals surface area (Å²) in [6.07, 6.45) is 0. The van der Waals surface area contributed by atoms with Crippen molar-refractivity contribution in [1.82, 2.24) is 4.90 Å². The zero-order valence-corrected chi connectivity index (χ0v) is 8.55. The normalized spacial score (nSPS) is 10.9. The number of halogens is 1. The molecule has 0 N–H and O–H groups in total. The van der Waals surface area contributed by atoms with Crippen molar-refractivity contribution in [3.63, 3.8) is 0 Å². The number of rotatable bonds is 6. The summed E-state index contributed by atoms with van der Waals surface area (Å²) in [4.78, 5) is 12.8. The van der Waals surface area contributed by atoms with Crippen LogP contribution in [0.25, 0.3) is 0 Å². The average molecular weight is 191 g/mol. The molecule has 0 aliphatic rings. The first-order valence-electron chi connectivity index (χ1n) is 4.57. The predicted molar refractivity (Wildman–Crippen MR) is 49.3 cm³/mol. The molecular weight excluding hydrogens is 173 g/mol. The second-order valence-electron chi connectivity index (χ2n) is 3.06. The van der Waals surface area contributed by atoms with Gasteiger partial charge in [0, 0.05) is 12.6 Å². The molecular formula is C9H18FNO2. The van der Waals surface area contributed by atoms with Crippen LogP contribution in [0.5, 0.6) is 0 Å². The second kappa shape index (κ2) is 6.83. The zero-order chi connectivity index (χ0) is 10.3. The van der Waals surface area contributed by atoms with Crippen molar-refractivity contribution < 1.29 is 13.9 Å². The Morgan fingerprint density at radius 1 is 1.54 bits per heavy atom. The number of alkyl halides is 1. The smallest absolute Gasteiger partial charge is 0.320 e. The molecule has 0 saturated carbocycles. The highest BCUT2D eigenvalue weighted by molar-refractivity contribution is 5.71. The van der Waals surface area contributed by atoms with Crippen LogP contribution in [0.4, 0.5) is 4.39 Å². The molecule has 0 heterocycles. The number of carbonyl (C=O) groups excluding carboxylic acids is 1. The van der Waals surface area contributed by atoms with Gasteiger partial charge in [0.25, 0.3) is 0 Å². The molecule has 0 aromatic heterocycles. The van der Waals surface area contributed by atoms with Crippen LogP contribution in [0.2, 0.25) is 0 Å². The van der Waals surface area contributed by atoms with Gasteiger partial charge in [0.05, 0.1) is 13.2 Å². The number of esters is 1. The van der Waals surface area contributed by atoms with E-state index in [2.05, 4.69) is 0 Å². The maximum Gasteiger partial charge on any atom is 0.320 e. The molecule has 0 fully saturated rings. The lowest BCUT2D eigenvalue weighted by molar-refractivity contribution is -0.144. The van der Waals surface area contributed by atoms with Crippen LogP contribution in [-0.2, 0) is 9.53 Å². The van der Waals surface area contributed by atoms with Crippen LogP contribution < -0.4 is 0 Å². The van der Waals surface area contributed by atoms with Gasteiger partial charge in [-0.15, -0.1) is 0 Å². The summed E-state index contributed by atoms with van der Waals surface area (Å²) in [5.74, 6) is -0.287. The van der Waals surface area contributed by atoms with E-state index in [1.807, 2.05) is 13.8 Å². The molecule has 0 saturated heterocycles. The monoisotopic (exact) mass is 191 g/mol. The van der Waals surface area contributed by atoms with Crippen molar-refractivity contribution >= 4 is 5.97 Å². The van der Waals surface area contributed by atoms with Gasteiger partial charge in [0.1, 0.15) is 6.67 Å². The summed E-state index contributed by atoms with van der Waals surface area (Å²) in [5, 5.41) is 0. The summed E-state index contributed by atoms with van der Waals surface area (Å²) in [6, 6.07) is 0.167. The molecule has 0 spiro atoms. The van der Waals surface area contributed by atoms with Gasteiger partial charge in [-0.25, -0.2) is 4.39 Å². The fraction of sp³-hybridized carbons (Fsp3) is 0.889. The van der Waals surface area contributed by atoms with E-state index in [0.717, 1.165) is 0 Å². The number of hydrogen-bond acceptors (Lipinski definition) is 3.